The third-order valence-corrected chi connectivity index (χ3v) is 7.26. The Morgan fingerprint density at radius 1 is 1.04 bits per heavy atom. The maximum atomic E-state index is 12.9. The number of nitrogens with zero attached hydrogens (tertiary/aromatic N) is 1. The molecule has 0 aromatic heterocycles. The van der Waals surface area contributed by atoms with E-state index in [0.29, 0.717) is 17.7 Å². The van der Waals surface area contributed by atoms with Crippen LogP contribution in [0.2, 0.25) is 0 Å². The van der Waals surface area contributed by atoms with Gasteiger partial charge in [-0.25, -0.2) is 13.2 Å². The molecule has 0 spiro atoms. The Hall–Kier alpha value is -2.09. The third-order valence-electron chi connectivity index (χ3n) is 5.51. The number of esters is 1. The number of carbonyl (C=O) groups is 2. The molecule has 1 aromatic rings. The molecule has 1 atom stereocenters. The molecule has 0 radical (unpaired) electrons. The molecule has 1 amide bonds. The van der Waals surface area contributed by atoms with E-state index >= 15 is 0 Å². The van der Waals surface area contributed by atoms with Crippen molar-refractivity contribution >= 4 is 21.7 Å². The zero-order chi connectivity index (χ0) is 20.1. The fourth-order valence-electron chi connectivity index (χ4n) is 4.07. The van der Waals surface area contributed by atoms with Gasteiger partial charge in [0, 0.05) is 12.1 Å². The van der Waals surface area contributed by atoms with E-state index in [-0.39, 0.29) is 36.1 Å². The SMILES string of the molecule is COc1ccc(C(=O)OCC(=O)N(C2CCCCC2)C2CCS(=O)(=O)C2)cc1. The molecule has 154 valence electrons. The molecule has 3 rings (SSSR count). The summed E-state index contributed by atoms with van der Waals surface area (Å²) in [7, 11) is -1.57. The first-order chi connectivity index (χ1) is 13.4. The molecule has 1 saturated heterocycles. The first-order valence-corrected chi connectivity index (χ1v) is 11.5. The van der Waals surface area contributed by atoms with Crippen LogP contribution in [0.25, 0.3) is 0 Å². The number of hydrogen-bond acceptors (Lipinski definition) is 6. The van der Waals surface area contributed by atoms with Crippen molar-refractivity contribution in [3.63, 3.8) is 0 Å². The number of rotatable bonds is 6. The molecule has 7 nitrogen and oxygen atoms in total. The van der Waals surface area contributed by atoms with Gasteiger partial charge in [0.15, 0.2) is 16.4 Å². The largest absolute Gasteiger partial charge is 0.497 e. The van der Waals surface area contributed by atoms with Crippen molar-refractivity contribution in [2.75, 3.05) is 25.2 Å². The lowest BCUT2D eigenvalue weighted by Crippen LogP contribution is -2.50. The lowest BCUT2D eigenvalue weighted by Gasteiger charge is -2.38. The van der Waals surface area contributed by atoms with Gasteiger partial charge in [-0.05, 0) is 43.5 Å². The second-order valence-corrected chi connectivity index (χ2v) is 9.68. The standard InChI is InChI=1S/C20H27NO6S/c1-26-18-9-7-15(8-10-18)20(23)27-13-19(22)21(16-5-3-2-4-6-16)17-11-12-28(24,25)14-17/h7-10,16-17H,2-6,11-14H2,1H3. The number of hydrogen-bond donors (Lipinski definition) is 0. The first-order valence-electron chi connectivity index (χ1n) is 9.72. The van der Waals surface area contributed by atoms with Crippen LogP contribution in [0.3, 0.4) is 0 Å². The summed E-state index contributed by atoms with van der Waals surface area (Å²) >= 11 is 0. The van der Waals surface area contributed by atoms with E-state index in [0.717, 1.165) is 32.1 Å². The Bertz CT molecular complexity index is 798. The minimum absolute atomic E-state index is 0.00165. The molecule has 2 aliphatic rings. The molecule has 1 saturated carbocycles. The zero-order valence-electron chi connectivity index (χ0n) is 16.1. The van der Waals surface area contributed by atoms with Crippen LogP contribution in [0.5, 0.6) is 5.75 Å². The van der Waals surface area contributed by atoms with Crippen LogP contribution in [0.4, 0.5) is 0 Å². The molecular formula is C20H27NO6S. The molecule has 8 heteroatoms. The molecule has 1 heterocycles. The van der Waals surface area contributed by atoms with Crippen molar-refractivity contribution in [1.82, 2.24) is 4.90 Å². The molecule has 1 unspecified atom stereocenters. The fourth-order valence-corrected chi connectivity index (χ4v) is 5.78. The van der Waals surface area contributed by atoms with Crippen molar-refractivity contribution in [1.29, 1.82) is 0 Å². The van der Waals surface area contributed by atoms with Crippen LogP contribution in [0.15, 0.2) is 24.3 Å². The highest BCUT2D eigenvalue weighted by Crippen LogP contribution is 2.28. The number of ether oxygens (including phenoxy) is 2. The number of sulfone groups is 1. The maximum Gasteiger partial charge on any atom is 0.338 e. The Kier molecular flexibility index (Phi) is 6.59. The second kappa shape index (κ2) is 8.94. The van der Waals surface area contributed by atoms with Crippen molar-refractivity contribution in [3.8, 4) is 5.75 Å². The van der Waals surface area contributed by atoms with Crippen molar-refractivity contribution in [2.45, 2.75) is 50.6 Å². The average molecular weight is 410 g/mol. The van der Waals surface area contributed by atoms with Gasteiger partial charge in [-0.1, -0.05) is 19.3 Å². The van der Waals surface area contributed by atoms with Crippen molar-refractivity contribution in [3.05, 3.63) is 29.8 Å². The van der Waals surface area contributed by atoms with Gasteiger partial charge in [0.05, 0.1) is 24.2 Å². The molecule has 1 aliphatic heterocycles. The van der Waals surface area contributed by atoms with E-state index < -0.39 is 15.8 Å². The average Bonchev–Trinajstić information content (AvgIpc) is 3.06. The first kappa shape index (κ1) is 20.6. The van der Waals surface area contributed by atoms with Gasteiger partial charge in [-0.2, -0.15) is 0 Å². The highest BCUT2D eigenvalue weighted by atomic mass is 32.2. The fraction of sp³-hybridized carbons (Fsp3) is 0.600. The molecule has 0 N–H and O–H groups in total. The van der Waals surface area contributed by atoms with Crippen molar-refractivity contribution in [2.24, 2.45) is 0 Å². The van der Waals surface area contributed by atoms with Crippen LogP contribution in [0.1, 0.15) is 48.9 Å². The van der Waals surface area contributed by atoms with E-state index in [1.54, 1.807) is 29.2 Å². The molecule has 1 aromatic carbocycles. The Morgan fingerprint density at radius 2 is 1.71 bits per heavy atom. The van der Waals surface area contributed by atoms with E-state index in [9.17, 15) is 18.0 Å². The summed E-state index contributed by atoms with van der Waals surface area (Å²) < 4.78 is 34.1. The van der Waals surface area contributed by atoms with Crippen LogP contribution < -0.4 is 4.74 Å². The smallest absolute Gasteiger partial charge is 0.338 e. The van der Waals surface area contributed by atoms with E-state index in [4.69, 9.17) is 9.47 Å². The van der Waals surface area contributed by atoms with E-state index in [1.807, 2.05) is 0 Å². The summed E-state index contributed by atoms with van der Waals surface area (Å²) in [6.07, 6.45) is 5.38. The monoisotopic (exact) mass is 409 g/mol. The Morgan fingerprint density at radius 3 is 2.29 bits per heavy atom. The van der Waals surface area contributed by atoms with Gasteiger partial charge in [-0.3, -0.25) is 4.79 Å². The van der Waals surface area contributed by atoms with Crippen LogP contribution in [-0.4, -0.2) is 62.5 Å². The van der Waals surface area contributed by atoms with Gasteiger partial charge < -0.3 is 14.4 Å². The van der Waals surface area contributed by atoms with Crippen LogP contribution in [-0.2, 0) is 19.4 Å². The van der Waals surface area contributed by atoms with Gasteiger partial charge >= 0.3 is 5.97 Å². The van der Waals surface area contributed by atoms with E-state index in [2.05, 4.69) is 0 Å². The molecule has 28 heavy (non-hydrogen) atoms. The van der Waals surface area contributed by atoms with Crippen LogP contribution in [0, 0.1) is 0 Å². The Labute approximate surface area is 165 Å². The summed E-state index contributed by atoms with van der Waals surface area (Å²) in [6.45, 7) is -0.377. The predicted molar refractivity (Wildman–Crippen MR) is 104 cm³/mol. The quantitative estimate of drug-likeness (QED) is 0.669. The van der Waals surface area contributed by atoms with Gasteiger partial charge in [-0.15, -0.1) is 0 Å². The normalized spacial score (nSPS) is 21.8. The lowest BCUT2D eigenvalue weighted by molar-refractivity contribution is -0.140. The summed E-state index contributed by atoms with van der Waals surface area (Å²) in [5.74, 6) is -0.158. The van der Waals surface area contributed by atoms with Crippen molar-refractivity contribution < 1.29 is 27.5 Å². The number of amides is 1. The number of methoxy groups -OCH3 is 1. The highest BCUT2D eigenvalue weighted by molar-refractivity contribution is 7.91. The summed E-state index contributed by atoms with van der Waals surface area (Å²) in [5, 5.41) is 0. The number of benzene rings is 1. The maximum absolute atomic E-state index is 12.9. The molecular weight excluding hydrogens is 382 g/mol. The zero-order valence-corrected chi connectivity index (χ0v) is 16.9. The molecule has 1 aliphatic carbocycles. The van der Waals surface area contributed by atoms with Gasteiger partial charge in [0.2, 0.25) is 0 Å². The lowest BCUT2D eigenvalue weighted by atomic mass is 9.93. The highest BCUT2D eigenvalue weighted by Gasteiger charge is 2.38. The topological polar surface area (TPSA) is 90.0 Å². The minimum Gasteiger partial charge on any atom is -0.497 e. The molecule has 2 fully saturated rings. The van der Waals surface area contributed by atoms with Gasteiger partial charge in [0.1, 0.15) is 5.75 Å². The second-order valence-electron chi connectivity index (χ2n) is 7.45. The predicted octanol–water partition coefficient (Wildman–Crippen LogP) is 2.20. The summed E-state index contributed by atoms with van der Waals surface area (Å²) in [5.41, 5.74) is 0.335. The van der Waals surface area contributed by atoms with Gasteiger partial charge in [0.25, 0.3) is 5.91 Å². The summed E-state index contributed by atoms with van der Waals surface area (Å²) in [4.78, 5) is 26.9. The third kappa shape index (κ3) is 5.04. The Balaban J connectivity index is 1.65. The molecule has 0 bridgehead atoms. The minimum atomic E-state index is -3.11. The number of carbonyl (C=O) groups excluding carboxylic acids is 2. The van der Waals surface area contributed by atoms with E-state index in [1.165, 1.54) is 7.11 Å². The van der Waals surface area contributed by atoms with Crippen LogP contribution >= 0.6 is 0 Å². The summed E-state index contributed by atoms with van der Waals surface area (Å²) in [6, 6.07) is 6.16.